The van der Waals surface area contributed by atoms with Gasteiger partial charge >= 0.3 is 5.97 Å². The molecule has 0 aromatic carbocycles. The average Bonchev–Trinajstić information content (AvgIpc) is 2.43. The van der Waals surface area contributed by atoms with E-state index in [1.54, 1.807) is 0 Å². The number of carbonyl (C=O) groups excluding carboxylic acids is 1. The van der Waals surface area contributed by atoms with Crippen LogP contribution in [-0.2, 0) is 9.53 Å². The Morgan fingerprint density at radius 3 is 2.14 bits per heavy atom. The molecule has 21 heavy (non-hydrogen) atoms. The minimum atomic E-state index is -0.376. The fourth-order valence-corrected chi connectivity index (χ4v) is 3.36. The fraction of sp³-hybridized carbons (Fsp3) is 0.941. The molecule has 0 radical (unpaired) electrons. The van der Waals surface area contributed by atoms with E-state index in [0.717, 1.165) is 32.1 Å². The van der Waals surface area contributed by atoms with Crippen LogP contribution in [0.1, 0.15) is 59.8 Å². The van der Waals surface area contributed by atoms with E-state index in [-0.39, 0.29) is 43.4 Å². The van der Waals surface area contributed by atoms with E-state index in [4.69, 9.17) is 4.74 Å². The van der Waals surface area contributed by atoms with Gasteiger partial charge in [0.2, 0.25) is 0 Å². The average molecular weight is 300 g/mol. The molecule has 0 aromatic heterocycles. The van der Waals surface area contributed by atoms with Crippen molar-refractivity contribution in [2.24, 2.45) is 23.7 Å². The molecule has 0 aliphatic heterocycles. The molecule has 2 aliphatic carbocycles. The standard InChI is InChI=1S/C16H28O4.CH4/c1-10-3-5-12(7-14(10)17)9-20-16(19)13-6-4-11(2)15(18)8-13;/h10-15,17-18H,3-9H2,1-2H3;1H4. The van der Waals surface area contributed by atoms with Crippen LogP contribution in [-0.4, -0.2) is 35.0 Å². The van der Waals surface area contributed by atoms with Gasteiger partial charge < -0.3 is 14.9 Å². The molecule has 2 N–H and O–H groups in total. The zero-order valence-electron chi connectivity index (χ0n) is 12.6. The van der Waals surface area contributed by atoms with Gasteiger partial charge in [0.25, 0.3) is 0 Å². The summed E-state index contributed by atoms with van der Waals surface area (Å²) >= 11 is 0. The predicted molar refractivity (Wildman–Crippen MR) is 82.7 cm³/mol. The van der Waals surface area contributed by atoms with Crippen molar-refractivity contribution in [2.75, 3.05) is 6.61 Å². The summed E-state index contributed by atoms with van der Waals surface area (Å²) in [7, 11) is 0. The molecule has 2 saturated carbocycles. The van der Waals surface area contributed by atoms with Crippen LogP contribution in [0.3, 0.4) is 0 Å². The Kier molecular flexibility index (Phi) is 7.14. The minimum Gasteiger partial charge on any atom is -0.465 e. The van der Waals surface area contributed by atoms with Gasteiger partial charge in [-0.3, -0.25) is 4.79 Å². The summed E-state index contributed by atoms with van der Waals surface area (Å²) in [6, 6.07) is 0. The second-order valence-corrected chi connectivity index (χ2v) is 6.91. The first-order chi connectivity index (χ1) is 9.47. The molecule has 0 heterocycles. The summed E-state index contributed by atoms with van der Waals surface area (Å²) in [6.45, 7) is 4.51. The Balaban J connectivity index is 0.00000220. The van der Waals surface area contributed by atoms with Crippen molar-refractivity contribution in [2.45, 2.75) is 72.0 Å². The molecule has 6 atom stereocenters. The number of hydrogen-bond acceptors (Lipinski definition) is 4. The molecule has 4 nitrogen and oxygen atoms in total. The van der Waals surface area contributed by atoms with Crippen molar-refractivity contribution in [3.8, 4) is 0 Å². The highest BCUT2D eigenvalue weighted by atomic mass is 16.5. The topological polar surface area (TPSA) is 66.8 Å². The maximum Gasteiger partial charge on any atom is 0.309 e. The summed E-state index contributed by atoms with van der Waals surface area (Å²) in [5, 5.41) is 19.7. The Morgan fingerprint density at radius 1 is 1.00 bits per heavy atom. The number of hydrogen-bond donors (Lipinski definition) is 2. The summed E-state index contributed by atoms with van der Waals surface area (Å²) in [5.74, 6) is 0.626. The van der Waals surface area contributed by atoms with Crippen molar-refractivity contribution in [1.29, 1.82) is 0 Å². The number of esters is 1. The molecule has 0 amide bonds. The van der Waals surface area contributed by atoms with Crippen molar-refractivity contribution in [1.82, 2.24) is 0 Å². The van der Waals surface area contributed by atoms with E-state index in [1.165, 1.54) is 0 Å². The second kappa shape index (κ2) is 8.14. The normalized spacial score (nSPS) is 40.2. The van der Waals surface area contributed by atoms with Crippen LogP contribution < -0.4 is 0 Å². The molecule has 2 rings (SSSR count). The molecule has 0 bridgehead atoms. The van der Waals surface area contributed by atoms with Gasteiger partial charge in [-0.25, -0.2) is 0 Å². The van der Waals surface area contributed by atoms with Gasteiger partial charge in [-0.1, -0.05) is 21.3 Å². The van der Waals surface area contributed by atoms with Crippen LogP contribution in [0, 0.1) is 23.7 Å². The second-order valence-electron chi connectivity index (χ2n) is 6.91. The number of rotatable bonds is 3. The molecule has 2 fully saturated rings. The highest BCUT2D eigenvalue weighted by Gasteiger charge is 2.32. The van der Waals surface area contributed by atoms with Crippen molar-refractivity contribution in [3.63, 3.8) is 0 Å². The number of aliphatic hydroxyl groups excluding tert-OH is 2. The smallest absolute Gasteiger partial charge is 0.309 e. The van der Waals surface area contributed by atoms with E-state index in [0.29, 0.717) is 18.9 Å². The molecule has 6 unspecified atom stereocenters. The largest absolute Gasteiger partial charge is 0.465 e. The zero-order valence-corrected chi connectivity index (χ0v) is 12.6. The molecule has 0 saturated heterocycles. The van der Waals surface area contributed by atoms with Crippen molar-refractivity contribution in [3.05, 3.63) is 0 Å². The number of ether oxygens (including phenoxy) is 1. The third-order valence-corrected chi connectivity index (χ3v) is 5.21. The monoisotopic (exact) mass is 300 g/mol. The summed E-state index contributed by atoms with van der Waals surface area (Å²) in [5.41, 5.74) is 0. The van der Waals surface area contributed by atoms with E-state index in [1.807, 2.05) is 6.92 Å². The van der Waals surface area contributed by atoms with E-state index in [9.17, 15) is 15.0 Å². The van der Waals surface area contributed by atoms with E-state index >= 15 is 0 Å². The predicted octanol–water partition coefficient (Wildman–Crippen LogP) is 2.76. The Morgan fingerprint density at radius 2 is 1.57 bits per heavy atom. The van der Waals surface area contributed by atoms with Crippen LogP contribution >= 0.6 is 0 Å². The molecule has 4 heteroatoms. The van der Waals surface area contributed by atoms with Crippen LogP contribution in [0.25, 0.3) is 0 Å². The Labute approximate surface area is 128 Å². The lowest BCUT2D eigenvalue weighted by molar-refractivity contribution is -0.154. The van der Waals surface area contributed by atoms with Crippen LogP contribution in [0.15, 0.2) is 0 Å². The third kappa shape index (κ3) is 4.96. The first-order valence-corrected chi connectivity index (χ1v) is 8.00. The molecular weight excluding hydrogens is 268 g/mol. The highest BCUT2D eigenvalue weighted by molar-refractivity contribution is 5.72. The maximum absolute atomic E-state index is 12.0. The molecule has 2 aliphatic rings. The van der Waals surface area contributed by atoms with Gasteiger partial charge in [0.1, 0.15) is 0 Å². The van der Waals surface area contributed by atoms with Gasteiger partial charge in [-0.15, -0.1) is 0 Å². The van der Waals surface area contributed by atoms with Crippen LogP contribution in [0.4, 0.5) is 0 Å². The maximum atomic E-state index is 12.0. The lowest BCUT2D eigenvalue weighted by atomic mass is 9.80. The SMILES string of the molecule is C.CC1CCC(COC(=O)C2CCC(C)C(O)C2)CC1O. The third-order valence-electron chi connectivity index (χ3n) is 5.21. The first kappa shape index (κ1) is 18.4. The van der Waals surface area contributed by atoms with Gasteiger partial charge in [0.05, 0.1) is 24.7 Å². The summed E-state index contributed by atoms with van der Waals surface area (Å²) in [4.78, 5) is 12.0. The van der Waals surface area contributed by atoms with Crippen molar-refractivity contribution < 1.29 is 19.7 Å². The van der Waals surface area contributed by atoms with Gasteiger partial charge in [0.15, 0.2) is 0 Å². The summed E-state index contributed by atoms with van der Waals surface area (Å²) in [6.07, 6.45) is 4.37. The van der Waals surface area contributed by atoms with E-state index < -0.39 is 0 Å². The van der Waals surface area contributed by atoms with Crippen molar-refractivity contribution >= 4 is 5.97 Å². The van der Waals surface area contributed by atoms with Gasteiger partial charge in [0, 0.05) is 0 Å². The minimum absolute atomic E-state index is 0. The highest BCUT2D eigenvalue weighted by Crippen LogP contribution is 2.31. The lowest BCUT2D eigenvalue weighted by Gasteiger charge is -2.32. The Bertz CT molecular complexity index is 331. The Hall–Kier alpha value is -0.610. The molecule has 124 valence electrons. The molecular formula is C17H32O4. The number of carbonyl (C=O) groups is 1. The first-order valence-electron chi connectivity index (χ1n) is 8.00. The number of aliphatic hydroxyl groups is 2. The zero-order chi connectivity index (χ0) is 14.7. The van der Waals surface area contributed by atoms with Gasteiger partial charge in [-0.05, 0) is 56.3 Å². The van der Waals surface area contributed by atoms with Crippen LogP contribution in [0.5, 0.6) is 0 Å². The summed E-state index contributed by atoms with van der Waals surface area (Å²) < 4.78 is 5.43. The van der Waals surface area contributed by atoms with Crippen LogP contribution in [0.2, 0.25) is 0 Å². The lowest BCUT2D eigenvalue weighted by Crippen LogP contribution is -2.34. The fourth-order valence-electron chi connectivity index (χ4n) is 3.36. The van der Waals surface area contributed by atoms with E-state index in [2.05, 4.69) is 6.92 Å². The quantitative estimate of drug-likeness (QED) is 0.787. The molecule has 0 spiro atoms. The van der Waals surface area contributed by atoms with Gasteiger partial charge in [-0.2, -0.15) is 0 Å². The molecule has 0 aromatic rings.